The molecule has 0 saturated carbocycles. The molecule has 1 N–H and O–H groups in total. The SMILES string of the molecule is C=C(C(O)C(C)/C=C(/C)Br)[C@@H](C)CCCOCc1ccccc1. The average Bonchev–Trinajstić information content (AvgIpc) is 2.53. The Kier molecular flexibility index (Phi) is 9.46. The maximum atomic E-state index is 10.4. The van der Waals surface area contributed by atoms with Gasteiger partial charge in [-0.2, -0.15) is 0 Å². The third-order valence-corrected chi connectivity index (χ3v) is 4.31. The molecule has 1 rings (SSSR count). The molecule has 0 radical (unpaired) electrons. The number of hydrogen-bond acceptors (Lipinski definition) is 2. The Morgan fingerprint density at radius 1 is 1.30 bits per heavy atom. The largest absolute Gasteiger partial charge is 0.388 e. The van der Waals surface area contributed by atoms with E-state index in [1.165, 1.54) is 5.56 Å². The fourth-order valence-electron chi connectivity index (χ4n) is 2.52. The van der Waals surface area contributed by atoms with Gasteiger partial charge in [-0.15, -0.1) is 0 Å². The number of aliphatic hydroxyl groups excluding tert-OH is 1. The second kappa shape index (κ2) is 10.8. The highest BCUT2D eigenvalue weighted by atomic mass is 79.9. The zero-order chi connectivity index (χ0) is 17.2. The smallest absolute Gasteiger partial charge is 0.0810 e. The number of allylic oxidation sites excluding steroid dienone is 1. The first-order valence-corrected chi connectivity index (χ1v) is 9.03. The molecule has 128 valence electrons. The van der Waals surface area contributed by atoms with Gasteiger partial charge in [0.25, 0.3) is 0 Å². The molecule has 0 aliphatic rings. The van der Waals surface area contributed by atoms with Crippen molar-refractivity contribution in [3.05, 3.63) is 58.6 Å². The van der Waals surface area contributed by atoms with Gasteiger partial charge < -0.3 is 9.84 Å². The lowest BCUT2D eigenvalue weighted by Crippen LogP contribution is -2.22. The molecule has 2 unspecified atom stereocenters. The molecule has 0 heterocycles. The fourth-order valence-corrected chi connectivity index (χ4v) is 2.94. The maximum absolute atomic E-state index is 10.4. The molecule has 1 aromatic carbocycles. The van der Waals surface area contributed by atoms with Gasteiger partial charge in [0, 0.05) is 12.5 Å². The van der Waals surface area contributed by atoms with Crippen molar-refractivity contribution in [2.24, 2.45) is 11.8 Å². The first kappa shape index (κ1) is 20.1. The number of hydrogen-bond donors (Lipinski definition) is 1. The first-order chi connectivity index (χ1) is 10.9. The molecular weight excluding hydrogens is 352 g/mol. The number of aliphatic hydroxyl groups is 1. The minimum absolute atomic E-state index is 0.0682. The van der Waals surface area contributed by atoms with Crippen molar-refractivity contribution in [3.8, 4) is 0 Å². The summed E-state index contributed by atoms with van der Waals surface area (Å²) in [5, 5.41) is 10.4. The van der Waals surface area contributed by atoms with E-state index in [9.17, 15) is 5.11 Å². The van der Waals surface area contributed by atoms with E-state index in [0.717, 1.165) is 29.5 Å². The Hall–Kier alpha value is -0.900. The molecule has 0 spiro atoms. The predicted molar refractivity (Wildman–Crippen MR) is 101 cm³/mol. The summed E-state index contributed by atoms with van der Waals surface area (Å²) in [6, 6.07) is 10.2. The van der Waals surface area contributed by atoms with Crippen LogP contribution in [0.1, 0.15) is 39.2 Å². The van der Waals surface area contributed by atoms with E-state index >= 15 is 0 Å². The average molecular weight is 381 g/mol. The molecule has 0 fully saturated rings. The van der Waals surface area contributed by atoms with E-state index < -0.39 is 6.10 Å². The zero-order valence-electron chi connectivity index (χ0n) is 14.5. The van der Waals surface area contributed by atoms with Gasteiger partial charge in [0.1, 0.15) is 0 Å². The molecule has 2 nitrogen and oxygen atoms in total. The van der Waals surface area contributed by atoms with Crippen molar-refractivity contribution < 1.29 is 9.84 Å². The van der Waals surface area contributed by atoms with Crippen LogP contribution in [0.15, 0.2) is 53.0 Å². The summed E-state index contributed by atoms with van der Waals surface area (Å²) in [6.07, 6.45) is 3.48. The van der Waals surface area contributed by atoms with Crippen LogP contribution in [0.3, 0.4) is 0 Å². The topological polar surface area (TPSA) is 29.5 Å². The first-order valence-electron chi connectivity index (χ1n) is 8.24. The number of rotatable bonds is 10. The van der Waals surface area contributed by atoms with E-state index in [-0.39, 0.29) is 11.8 Å². The molecule has 0 amide bonds. The molecule has 3 atom stereocenters. The minimum Gasteiger partial charge on any atom is -0.388 e. The van der Waals surface area contributed by atoms with Crippen molar-refractivity contribution in [1.82, 2.24) is 0 Å². The van der Waals surface area contributed by atoms with E-state index in [2.05, 4.69) is 41.6 Å². The monoisotopic (exact) mass is 380 g/mol. The Labute approximate surface area is 149 Å². The third kappa shape index (κ3) is 7.96. The highest BCUT2D eigenvalue weighted by Gasteiger charge is 2.19. The highest BCUT2D eigenvalue weighted by molar-refractivity contribution is 9.11. The van der Waals surface area contributed by atoms with Crippen LogP contribution in [0.5, 0.6) is 0 Å². The van der Waals surface area contributed by atoms with Gasteiger partial charge in [0.15, 0.2) is 0 Å². The van der Waals surface area contributed by atoms with Crippen LogP contribution >= 0.6 is 15.9 Å². The van der Waals surface area contributed by atoms with Gasteiger partial charge in [-0.25, -0.2) is 0 Å². The summed E-state index contributed by atoms with van der Waals surface area (Å²) in [5.74, 6) is 0.357. The normalized spacial score (nSPS) is 16.0. The lowest BCUT2D eigenvalue weighted by atomic mass is 9.87. The van der Waals surface area contributed by atoms with Crippen molar-refractivity contribution in [2.75, 3.05) is 6.61 Å². The van der Waals surface area contributed by atoms with Crippen LogP contribution in [-0.4, -0.2) is 17.8 Å². The lowest BCUT2D eigenvalue weighted by molar-refractivity contribution is 0.113. The Morgan fingerprint density at radius 2 is 1.96 bits per heavy atom. The number of halogens is 1. The third-order valence-electron chi connectivity index (χ3n) is 4.04. The number of ether oxygens (including phenoxy) is 1. The predicted octanol–water partition coefficient (Wildman–Crippen LogP) is 5.47. The minimum atomic E-state index is -0.497. The van der Waals surface area contributed by atoms with Crippen LogP contribution in [0.2, 0.25) is 0 Å². The summed E-state index contributed by atoms with van der Waals surface area (Å²) in [7, 11) is 0. The van der Waals surface area contributed by atoms with Crippen LogP contribution in [0, 0.1) is 11.8 Å². The lowest BCUT2D eigenvalue weighted by Gasteiger charge is -2.23. The summed E-state index contributed by atoms with van der Waals surface area (Å²) < 4.78 is 6.74. The zero-order valence-corrected chi connectivity index (χ0v) is 16.1. The van der Waals surface area contributed by atoms with E-state index in [1.807, 2.05) is 38.1 Å². The Morgan fingerprint density at radius 3 is 2.57 bits per heavy atom. The van der Waals surface area contributed by atoms with Gasteiger partial charge in [0.2, 0.25) is 0 Å². The van der Waals surface area contributed by atoms with Crippen molar-refractivity contribution in [3.63, 3.8) is 0 Å². The summed E-state index contributed by atoms with van der Waals surface area (Å²) in [4.78, 5) is 0. The molecule has 0 saturated heterocycles. The van der Waals surface area contributed by atoms with Crippen molar-refractivity contribution in [1.29, 1.82) is 0 Å². The molecule has 0 aliphatic carbocycles. The second-order valence-electron chi connectivity index (χ2n) is 6.21. The Balaban J connectivity index is 2.26. The second-order valence-corrected chi connectivity index (χ2v) is 7.46. The van der Waals surface area contributed by atoms with Crippen LogP contribution in [0.25, 0.3) is 0 Å². The van der Waals surface area contributed by atoms with Gasteiger partial charge in [-0.3, -0.25) is 0 Å². The van der Waals surface area contributed by atoms with Crippen LogP contribution in [-0.2, 0) is 11.3 Å². The Bertz CT molecular complexity index is 492. The van der Waals surface area contributed by atoms with Crippen molar-refractivity contribution >= 4 is 15.9 Å². The quantitative estimate of drug-likeness (QED) is 0.430. The van der Waals surface area contributed by atoms with Gasteiger partial charge >= 0.3 is 0 Å². The number of benzene rings is 1. The molecule has 0 aliphatic heterocycles. The van der Waals surface area contributed by atoms with Gasteiger partial charge in [0.05, 0.1) is 12.7 Å². The molecule has 1 aromatic rings. The van der Waals surface area contributed by atoms with E-state index in [1.54, 1.807) is 0 Å². The molecule has 3 heteroatoms. The van der Waals surface area contributed by atoms with Crippen LogP contribution in [0.4, 0.5) is 0 Å². The molecule has 0 aromatic heterocycles. The molecule has 23 heavy (non-hydrogen) atoms. The standard InChI is InChI=1S/C20H29BrO2/c1-15(18(4)20(22)16(2)13-17(3)21)9-8-12-23-14-19-10-6-5-7-11-19/h5-7,10-11,13,15-16,20,22H,4,8-9,12,14H2,1-3H3/b17-13-/t15-,16?,20?/m0/s1. The highest BCUT2D eigenvalue weighted by Crippen LogP contribution is 2.24. The van der Waals surface area contributed by atoms with Gasteiger partial charge in [-0.05, 0) is 41.3 Å². The maximum Gasteiger partial charge on any atom is 0.0810 e. The molecular formula is C20H29BrO2. The summed E-state index contributed by atoms with van der Waals surface area (Å²) >= 11 is 3.41. The van der Waals surface area contributed by atoms with E-state index in [4.69, 9.17) is 4.74 Å². The van der Waals surface area contributed by atoms with Crippen LogP contribution < -0.4 is 0 Å². The van der Waals surface area contributed by atoms with E-state index in [0.29, 0.717) is 6.61 Å². The summed E-state index contributed by atoms with van der Waals surface area (Å²) in [5.41, 5.74) is 2.11. The van der Waals surface area contributed by atoms with Crippen molar-refractivity contribution in [2.45, 2.75) is 46.3 Å². The molecule has 0 bridgehead atoms. The summed E-state index contributed by atoms with van der Waals surface area (Å²) in [6.45, 7) is 11.6. The fraction of sp³-hybridized carbons (Fsp3) is 0.500. The van der Waals surface area contributed by atoms with Gasteiger partial charge in [-0.1, -0.05) is 72.8 Å².